The average Bonchev–Trinajstić information content (AvgIpc) is 2.74. The van der Waals surface area contributed by atoms with Crippen LogP contribution in [-0.4, -0.2) is 25.3 Å². The molecule has 0 aromatic heterocycles. The highest BCUT2D eigenvalue weighted by molar-refractivity contribution is 5.12. The molecular weight excluding hydrogens is 210 g/mol. The summed E-state index contributed by atoms with van der Waals surface area (Å²) in [7, 11) is 1.80. The number of nitrogens with one attached hydrogen (secondary N) is 1. The van der Waals surface area contributed by atoms with E-state index in [1.165, 1.54) is 19.3 Å². The molecule has 5 unspecified atom stereocenters. The van der Waals surface area contributed by atoms with Crippen molar-refractivity contribution in [3.8, 4) is 0 Å². The van der Waals surface area contributed by atoms with Gasteiger partial charge in [0.1, 0.15) is 0 Å². The van der Waals surface area contributed by atoms with Crippen molar-refractivity contribution in [2.24, 2.45) is 16.7 Å². The van der Waals surface area contributed by atoms with Gasteiger partial charge in [-0.1, -0.05) is 20.8 Å². The molecule has 2 fully saturated rings. The number of ether oxygens (including phenoxy) is 1. The van der Waals surface area contributed by atoms with Crippen LogP contribution in [0.1, 0.15) is 53.9 Å². The molecule has 2 rings (SSSR count). The van der Waals surface area contributed by atoms with Crippen LogP contribution in [0, 0.1) is 16.7 Å². The Balaban J connectivity index is 2.10. The van der Waals surface area contributed by atoms with Crippen LogP contribution in [0.5, 0.6) is 0 Å². The van der Waals surface area contributed by atoms with Gasteiger partial charge in [-0.2, -0.15) is 0 Å². The van der Waals surface area contributed by atoms with Gasteiger partial charge in [0.15, 0.2) is 0 Å². The summed E-state index contributed by atoms with van der Waals surface area (Å²) in [4.78, 5) is 0. The molecule has 2 saturated carbocycles. The van der Waals surface area contributed by atoms with E-state index in [4.69, 9.17) is 4.74 Å². The maximum atomic E-state index is 5.44. The van der Waals surface area contributed by atoms with Crippen LogP contribution in [-0.2, 0) is 4.74 Å². The number of fused-ring (bicyclic) bond motifs is 2. The third-order valence-electron chi connectivity index (χ3n) is 5.78. The highest BCUT2D eigenvalue weighted by Gasteiger charge is 2.59. The molecule has 0 radical (unpaired) electrons. The molecule has 5 atom stereocenters. The van der Waals surface area contributed by atoms with Crippen LogP contribution >= 0.6 is 0 Å². The van der Waals surface area contributed by atoms with Gasteiger partial charge in [-0.3, -0.25) is 0 Å². The van der Waals surface area contributed by atoms with E-state index in [0.717, 1.165) is 5.92 Å². The monoisotopic (exact) mass is 239 g/mol. The summed E-state index contributed by atoms with van der Waals surface area (Å²) in [5.74, 6) is 0.912. The van der Waals surface area contributed by atoms with Gasteiger partial charge in [0.25, 0.3) is 0 Å². The molecule has 17 heavy (non-hydrogen) atoms. The summed E-state index contributed by atoms with van der Waals surface area (Å²) >= 11 is 0. The first-order valence-corrected chi connectivity index (χ1v) is 7.10. The summed E-state index contributed by atoms with van der Waals surface area (Å²) in [6.45, 7) is 11.8. The van der Waals surface area contributed by atoms with Gasteiger partial charge < -0.3 is 10.1 Å². The lowest BCUT2D eigenvalue weighted by atomic mass is 9.68. The average molecular weight is 239 g/mol. The molecule has 2 aliphatic rings. The second-order valence-electron chi connectivity index (χ2n) is 7.24. The minimum Gasteiger partial charge on any atom is -0.380 e. The van der Waals surface area contributed by atoms with Crippen molar-refractivity contribution >= 4 is 0 Å². The van der Waals surface area contributed by atoms with E-state index < -0.39 is 0 Å². The fourth-order valence-electron chi connectivity index (χ4n) is 4.32. The molecule has 0 spiro atoms. The molecule has 0 amide bonds. The Kier molecular flexibility index (Phi) is 3.33. The van der Waals surface area contributed by atoms with Crippen molar-refractivity contribution < 1.29 is 4.74 Å². The largest absolute Gasteiger partial charge is 0.380 e. The van der Waals surface area contributed by atoms with Crippen molar-refractivity contribution in [3.05, 3.63) is 0 Å². The van der Waals surface area contributed by atoms with Crippen LogP contribution in [0.25, 0.3) is 0 Å². The van der Waals surface area contributed by atoms with E-state index >= 15 is 0 Å². The zero-order valence-corrected chi connectivity index (χ0v) is 12.3. The first-order chi connectivity index (χ1) is 7.81. The first-order valence-electron chi connectivity index (χ1n) is 7.10. The Labute approximate surface area is 107 Å². The predicted octanol–water partition coefficient (Wildman–Crippen LogP) is 3.21. The highest BCUT2D eigenvalue weighted by Crippen LogP contribution is 2.62. The van der Waals surface area contributed by atoms with Gasteiger partial charge in [-0.05, 0) is 49.9 Å². The van der Waals surface area contributed by atoms with Gasteiger partial charge in [-0.15, -0.1) is 0 Å². The fraction of sp³-hybridized carbons (Fsp3) is 1.00. The van der Waals surface area contributed by atoms with Gasteiger partial charge in [0, 0.05) is 19.2 Å². The van der Waals surface area contributed by atoms with Gasteiger partial charge >= 0.3 is 0 Å². The lowest BCUT2D eigenvalue weighted by Gasteiger charge is -2.45. The SMILES string of the molecule is COC(C)C(C)NC1C2(C)CCC(C2)C1(C)C. The van der Waals surface area contributed by atoms with Crippen LogP contribution in [0.3, 0.4) is 0 Å². The third kappa shape index (κ3) is 2.04. The Morgan fingerprint density at radius 3 is 2.35 bits per heavy atom. The lowest BCUT2D eigenvalue weighted by molar-refractivity contribution is 0.0474. The Hall–Kier alpha value is -0.0800. The van der Waals surface area contributed by atoms with Crippen molar-refractivity contribution in [2.45, 2.75) is 72.1 Å². The van der Waals surface area contributed by atoms with Gasteiger partial charge in [-0.25, -0.2) is 0 Å². The molecule has 2 aliphatic carbocycles. The van der Waals surface area contributed by atoms with Crippen LogP contribution < -0.4 is 5.32 Å². The summed E-state index contributed by atoms with van der Waals surface area (Å²) in [5, 5.41) is 3.87. The molecule has 0 saturated heterocycles. The summed E-state index contributed by atoms with van der Waals surface area (Å²) in [6.07, 6.45) is 4.52. The molecule has 0 aliphatic heterocycles. The van der Waals surface area contributed by atoms with Gasteiger partial charge in [0.2, 0.25) is 0 Å². The van der Waals surface area contributed by atoms with E-state index in [9.17, 15) is 0 Å². The minimum absolute atomic E-state index is 0.286. The van der Waals surface area contributed by atoms with E-state index in [0.29, 0.717) is 22.9 Å². The molecular formula is C15H29NO. The zero-order valence-electron chi connectivity index (χ0n) is 12.3. The predicted molar refractivity (Wildman–Crippen MR) is 72.1 cm³/mol. The number of methoxy groups -OCH3 is 1. The lowest BCUT2D eigenvalue weighted by Crippen LogP contribution is -2.55. The molecule has 0 aromatic rings. The standard InChI is InChI=1S/C15H29NO/c1-10(11(2)17-6)16-13-14(3,4)12-7-8-15(13,5)9-12/h10-13,16H,7-9H2,1-6H3. The molecule has 0 aromatic carbocycles. The van der Waals surface area contributed by atoms with Crippen molar-refractivity contribution in [1.82, 2.24) is 5.32 Å². The molecule has 100 valence electrons. The Morgan fingerprint density at radius 1 is 1.24 bits per heavy atom. The third-order valence-corrected chi connectivity index (χ3v) is 5.78. The van der Waals surface area contributed by atoms with Crippen LogP contribution in [0.4, 0.5) is 0 Å². The quantitative estimate of drug-likeness (QED) is 0.813. The van der Waals surface area contributed by atoms with Crippen molar-refractivity contribution in [2.75, 3.05) is 7.11 Å². The van der Waals surface area contributed by atoms with Crippen LogP contribution in [0.2, 0.25) is 0 Å². The summed E-state index contributed by atoms with van der Waals surface area (Å²) in [5.41, 5.74) is 0.949. The normalized spacial score (nSPS) is 42.7. The number of hydrogen-bond acceptors (Lipinski definition) is 2. The maximum Gasteiger partial charge on any atom is 0.0693 e. The second kappa shape index (κ2) is 4.24. The summed E-state index contributed by atoms with van der Waals surface area (Å²) in [6, 6.07) is 1.07. The van der Waals surface area contributed by atoms with E-state index in [1.54, 1.807) is 7.11 Å². The smallest absolute Gasteiger partial charge is 0.0693 e. The molecule has 2 heteroatoms. The van der Waals surface area contributed by atoms with E-state index in [-0.39, 0.29) is 6.10 Å². The van der Waals surface area contributed by atoms with E-state index in [2.05, 4.69) is 39.9 Å². The minimum atomic E-state index is 0.286. The van der Waals surface area contributed by atoms with Gasteiger partial charge in [0.05, 0.1) is 6.10 Å². The Morgan fingerprint density at radius 2 is 1.88 bits per heavy atom. The highest BCUT2D eigenvalue weighted by atomic mass is 16.5. The van der Waals surface area contributed by atoms with Crippen LogP contribution in [0.15, 0.2) is 0 Å². The van der Waals surface area contributed by atoms with Crippen molar-refractivity contribution in [3.63, 3.8) is 0 Å². The zero-order chi connectivity index (χ0) is 12.8. The van der Waals surface area contributed by atoms with E-state index in [1.807, 2.05) is 0 Å². The summed E-state index contributed by atoms with van der Waals surface area (Å²) < 4.78 is 5.44. The first kappa shape index (κ1) is 13.4. The molecule has 2 nitrogen and oxygen atoms in total. The second-order valence-corrected chi connectivity index (χ2v) is 7.24. The number of hydrogen-bond donors (Lipinski definition) is 1. The molecule has 0 heterocycles. The number of rotatable bonds is 4. The Bertz CT molecular complexity index is 284. The fourth-order valence-corrected chi connectivity index (χ4v) is 4.32. The molecule has 1 N–H and O–H groups in total. The molecule has 2 bridgehead atoms. The van der Waals surface area contributed by atoms with Crippen molar-refractivity contribution in [1.29, 1.82) is 0 Å². The maximum absolute atomic E-state index is 5.44. The topological polar surface area (TPSA) is 21.3 Å².